The van der Waals surface area contributed by atoms with Crippen molar-refractivity contribution in [3.05, 3.63) is 30.3 Å². The minimum atomic E-state index is -3.52. The smallest absolute Gasteiger partial charge is 0.186 e. The van der Waals surface area contributed by atoms with Crippen molar-refractivity contribution < 1.29 is 13.5 Å². The van der Waals surface area contributed by atoms with E-state index in [0.29, 0.717) is 17.7 Å². The van der Waals surface area contributed by atoms with E-state index in [1.807, 2.05) is 0 Å². The Morgan fingerprint density at radius 1 is 1.06 bits per heavy atom. The Kier molecular flexibility index (Phi) is 3.28. The number of hydrogen-bond donors (Lipinski definition) is 1. The van der Waals surface area contributed by atoms with E-state index in [4.69, 9.17) is 0 Å². The molecule has 1 N–H and O–H groups in total. The molecular formula is C14H20O3S. The molecule has 4 heteroatoms. The third-order valence-corrected chi connectivity index (χ3v) is 7.08. The summed E-state index contributed by atoms with van der Waals surface area (Å²) in [4.78, 5) is 0.301. The molecular weight excluding hydrogens is 248 g/mol. The third kappa shape index (κ3) is 1.88. The fourth-order valence-corrected chi connectivity index (χ4v) is 4.88. The molecule has 0 amide bonds. The molecule has 0 unspecified atom stereocenters. The van der Waals surface area contributed by atoms with E-state index >= 15 is 0 Å². The molecule has 0 spiro atoms. The van der Waals surface area contributed by atoms with Crippen LogP contribution in [0.1, 0.15) is 39.5 Å². The topological polar surface area (TPSA) is 54.4 Å². The van der Waals surface area contributed by atoms with Gasteiger partial charge in [0.1, 0.15) is 4.75 Å². The summed E-state index contributed by atoms with van der Waals surface area (Å²) in [7, 11) is -3.52. The molecule has 1 saturated carbocycles. The molecule has 2 rings (SSSR count). The molecule has 1 aliphatic carbocycles. The van der Waals surface area contributed by atoms with Crippen molar-refractivity contribution in [2.24, 2.45) is 0 Å². The molecule has 0 aliphatic heterocycles. The summed E-state index contributed by atoms with van der Waals surface area (Å²) in [6, 6.07) is 8.43. The van der Waals surface area contributed by atoms with Crippen LogP contribution in [-0.4, -0.2) is 23.9 Å². The van der Waals surface area contributed by atoms with Crippen LogP contribution in [0.4, 0.5) is 0 Å². The maximum atomic E-state index is 12.8. The minimum Gasteiger partial charge on any atom is -0.389 e. The highest BCUT2D eigenvalue weighted by Gasteiger charge is 2.54. The van der Waals surface area contributed by atoms with Crippen LogP contribution in [-0.2, 0) is 9.84 Å². The normalized spacial score (nSPS) is 33.3. The maximum absolute atomic E-state index is 12.8. The van der Waals surface area contributed by atoms with E-state index in [2.05, 4.69) is 0 Å². The highest BCUT2D eigenvalue weighted by molar-refractivity contribution is 7.93. The largest absolute Gasteiger partial charge is 0.389 e. The average molecular weight is 268 g/mol. The minimum absolute atomic E-state index is 0.301. The molecule has 1 aromatic carbocycles. The number of rotatable bonds is 2. The molecule has 1 aromatic rings. The molecule has 2 atom stereocenters. The Labute approximate surface area is 109 Å². The van der Waals surface area contributed by atoms with Crippen LogP contribution in [0.15, 0.2) is 35.2 Å². The summed E-state index contributed by atoms with van der Waals surface area (Å²) in [6.07, 6.45) is 2.78. The lowest BCUT2D eigenvalue weighted by Gasteiger charge is -2.45. The Balaban J connectivity index is 2.53. The number of aliphatic hydroxyl groups is 1. The summed E-state index contributed by atoms with van der Waals surface area (Å²) < 4.78 is 24.4. The van der Waals surface area contributed by atoms with Gasteiger partial charge < -0.3 is 5.11 Å². The van der Waals surface area contributed by atoms with Crippen LogP contribution in [0.5, 0.6) is 0 Å². The van der Waals surface area contributed by atoms with Gasteiger partial charge in [0.2, 0.25) is 0 Å². The maximum Gasteiger partial charge on any atom is 0.186 e. The van der Waals surface area contributed by atoms with Crippen molar-refractivity contribution in [3.63, 3.8) is 0 Å². The van der Waals surface area contributed by atoms with Gasteiger partial charge in [-0.1, -0.05) is 31.0 Å². The molecule has 3 nitrogen and oxygen atoms in total. The first-order valence-corrected chi connectivity index (χ1v) is 7.82. The predicted octanol–water partition coefficient (Wildman–Crippen LogP) is 2.54. The van der Waals surface area contributed by atoms with Gasteiger partial charge in [-0.05, 0) is 38.8 Å². The number of benzene rings is 1. The van der Waals surface area contributed by atoms with Crippen LogP contribution in [0.2, 0.25) is 0 Å². The van der Waals surface area contributed by atoms with Gasteiger partial charge in [0, 0.05) is 0 Å². The monoisotopic (exact) mass is 268 g/mol. The lowest BCUT2D eigenvalue weighted by molar-refractivity contribution is -0.00986. The van der Waals surface area contributed by atoms with Crippen LogP contribution in [0.25, 0.3) is 0 Å². The molecule has 18 heavy (non-hydrogen) atoms. The zero-order chi connectivity index (χ0) is 13.4. The highest BCUT2D eigenvalue weighted by Crippen LogP contribution is 2.45. The molecule has 0 radical (unpaired) electrons. The second-order valence-corrected chi connectivity index (χ2v) is 7.91. The van der Waals surface area contributed by atoms with E-state index in [-0.39, 0.29) is 0 Å². The van der Waals surface area contributed by atoms with Gasteiger partial charge in [0.15, 0.2) is 9.84 Å². The number of sulfone groups is 1. The lowest BCUT2D eigenvalue weighted by Crippen LogP contribution is -2.57. The Morgan fingerprint density at radius 3 is 2.17 bits per heavy atom. The van der Waals surface area contributed by atoms with Gasteiger partial charge >= 0.3 is 0 Å². The van der Waals surface area contributed by atoms with E-state index in [0.717, 1.165) is 12.8 Å². The van der Waals surface area contributed by atoms with Gasteiger partial charge in [-0.15, -0.1) is 0 Å². The van der Waals surface area contributed by atoms with Crippen molar-refractivity contribution in [3.8, 4) is 0 Å². The van der Waals surface area contributed by atoms with Crippen molar-refractivity contribution in [2.75, 3.05) is 0 Å². The molecule has 0 aromatic heterocycles. The van der Waals surface area contributed by atoms with E-state index in [1.165, 1.54) is 0 Å². The second-order valence-electron chi connectivity index (χ2n) is 5.53. The Hall–Kier alpha value is -0.870. The van der Waals surface area contributed by atoms with Gasteiger partial charge in [-0.25, -0.2) is 8.42 Å². The quantitative estimate of drug-likeness (QED) is 0.896. The van der Waals surface area contributed by atoms with E-state index in [9.17, 15) is 13.5 Å². The summed E-state index contributed by atoms with van der Waals surface area (Å²) in [5, 5.41) is 10.5. The zero-order valence-corrected chi connectivity index (χ0v) is 11.7. The zero-order valence-electron chi connectivity index (χ0n) is 10.9. The van der Waals surface area contributed by atoms with Gasteiger partial charge in [0.25, 0.3) is 0 Å². The molecule has 0 heterocycles. The molecule has 100 valence electrons. The van der Waals surface area contributed by atoms with Crippen LogP contribution >= 0.6 is 0 Å². The molecule has 1 fully saturated rings. The van der Waals surface area contributed by atoms with Crippen molar-refractivity contribution in [2.45, 2.75) is 54.8 Å². The summed E-state index contributed by atoms with van der Waals surface area (Å²) in [6.45, 7) is 3.32. The van der Waals surface area contributed by atoms with Gasteiger partial charge in [-0.2, -0.15) is 0 Å². The van der Waals surface area contributed by atoms with Crippen molar-refractivity contribution in [1.29, 1.82) is 0 Å². The lowest BCUT2D eigenvalue weighted by atomic mass is 9.77. The van der Waals surface area contributed by atoms with Gasteiger partial charge in [0.05, 0.1) is 10.5 Å². The average Bonchev–Trinajstić information content (AvgIpc) is 2.34. The summed E-state index contributed by atoms with van der Waals surface area (Å²) in [5.74, 6) is 0. The van der Waals surface area contributed by atoms with E-state index < -0.39 is 20.2 Å². The first-order valence-electron chi connectivity index (χ1n) is 6.33. The third-order valence-electron chi connectivity index (χ3n) is 4.35. The fourth-order valence-electron chi connectivity index (χ4n) is 2.75. The van der Waals surface area contributed by atoms with Crippen molar-refractivity contribution in [1.82, 2.24) is 0 Å². The van der Waals surface area contributed by atoms with Crippen LogP contribution in [0, 0.1) is 0 Å². The molecule has 0 saturated heterocycles. The van der Waals surface area contributed by atoms with E-state index in [1.54, 1.807) is 44.2 Å². The highest BCUT2D eigenvalue weighted by atomic mass is 32.2. The first kappa shape index (κ1) is 13.6. The van der Waals surface area contributed by atoms with Gasteiger partial charge in [-0.3, -0.25) is 0 Å². The molecule has 0 bridgehead atoms. The predicted molar refractivity (Wildman–Crippen MR) is 71.1 cm³/mol. The first-order chi connectivity index (χ1) is 8.31. The van der Waals surface area contributed by atoms with Crippen LogP contribution in [0.3, 0.4) is 0 Å². The SMILES string of the molecule is C[C@]1(O)CCCC[C@@]1(C)S(=O)(=O)c1ccccc1. The Bertz CT molecular complexity index is 519. The standard InChI is InChI=1S/C14H20O3S/c1-13(15)10-6-7-11-14(13,2)18(16,17)12-8-4-3-5-9-12/h3-5,8-9,15H,6-7,10-11H2,1-2H3/t13-,14+/m0/s1. The summed E-state index contributed by atoms with van der Waals surface area (Å²) in [5.41, 5.74) is -1.17. The van der Waals surface area contributed by atoms with Crippen molar-refractivity contribution >= 4 is 9.84 Å². The Morgan fingerprint density at radius 2 is 1.61 bits per heavy atom. The summed E-state index contributed by atoms with van der Waals surface area (Å²) >= 11 is 0. The fraction of sp³-hybridized carbons (Fsp3) is 0.571. The van der Waals surface area contributed by atoms with Crippen LogP contribution < -0.4 is 0 Å². The number of hydrogen-bond acceptors (Lipinski definition) is 3. The second kappa shape index (κ2) is 4.35. The molecule has 1 aliphatic rings.